The van der Waals surface area contributed by atoms with Gasteiger partial charge in [-0.2, -0.15) is 0 Å². The molecule has 5 nitrogen and oxygen atoms in total. The van der Waals surface area contributed by atoms with Gasteiger partial charge in [0.25, 0.3) is 0 Å². The second-order valence-electron chi connectivity index (χ2n) is 4.80. The summed E-state index contributed by atoms with van der Waals surface area (Å²) in [5, 5.41) is 13.0. The van der Waals surface area contributed by atoms with Crippen molar-refractivity contribution in [2.45, 2.75) is 19.6 Å². The van der Waals surface area contributed by atoms with Gasteiger partial charge in [0.05, 0.1) is 13.2 Å². The maximum atomic E-state index is 9.70. The highest BCUT2D eigenvalue weighted by molar-refractivity contribution is 9.10. The van der Waals surface area contributed by atoms with Gasteiger partial charge < -0.3 is 24.6 Å². The molecule has 0 spiro atoms. The molecular formula is C15H24BrNO4. The first-order valence-electron chi connectivity index (χ1n) is 6.87. The molecule has 0 heterocycles. The molecule has 2 N–H and O–H groups in total. The van der Waals surface area contributed by atoms with Crippen molar-refractivity contribution in [2.75, 3.05) is 40.6 Å². The van der Waals surface area contributed by atoms with Crippen LogP contribution in [0.1, 0.15) is 11.1 Å². The van der Waals surface area contributed by atoms with Gasteiger partial charge in [-0.05, 0) is 24.6 Å². The molecule has 0 saturated heterocycles. The van der Waals surface area contributed by atoms with Crippen LogP contribution in [-0.4, -0.2) is 51.8 Å². The van der Waals surface area contributed by atoms with Crippen LogP contribution in [0.5, 0.6) is 5.75 Å². The van der Waals surface area contributed by atoms with Crippen molar-refractivity contribution in [3.05, 3.63) is 27.7 Å². The van der Waals surface area contributed by atoms with Gasteiger partial charge in [-0.25, -0.2) is 0 Å². The number of ether oxygens (including phenoxy) is 3. The van der Waals surface area contributed by atoms with Gasteiger partial charge in [0.2, 0.25) is 0 Å². The molecule has 0 aliphatic carbocycles. The molecule has 0 amide bonds. The Morgan fingerprint density at radius 2 is 2.00 bits per heavy atom. The fourth-order valence-corrected chi connectivity index (χ4v) is 2.57. The predicted octanol–water partition coefficient (Wildman–Crippen LogP) is 1.88. The molecule has 0 aliphatic heterocycles. The van der Waals surface area contributed by atoms with Gasteiger partial charge >= 0.3 is 0 Å². The highest BCUT2D eigenvalue weighted by Gasteiger charge is 2.11. The molecule has 0 aliphatic rings. The first-order valence-corrected chi connectivity index (χ1v) is 7.66. The minimum absolute atomic E-state index is 0.210. The first-order chi connectivity index (χ1) is 10.1. The molecule has 1 rings (SSSR count). The number of aryl methyl sites for hydroxylation is 1. The van der Waals surface area contributed by atoms with Crippen molar-refractivity contribution < 1.29 is 19.3 Å². The van der Waals surface area contributed by atoms with Crippen molar-refractivity contribution in [1.29, 1.82) is 0 Å². The number of hydrogen-bond donors (Lipinski definition) is 2. The Labute approximate surface area is 134 Å². The number of nitrogens with one attached hydrogen (secondary N) is 1. The lowest BCUT2D eigenvalue weighted by molar-refractivity contribution is 0.0321. The Balaban J connectivity index is 2.70. The Bertz CT molecular complexity index is 428. The smallest absolute Gasteiger partial charge is 0.126 e. The number of benzene rings is 1. The van der Waals surface area contributed by atoms with Crippen molar-refractivity contribution in [2.24, 2.45) is 0 Å². The third kappa shape index (κ3) is 6.76. The van der Waals surface area contributed by atoms with Crippen LogP contribution in [-0.2, 0) is 16.0 Å². The van der Waals surface area contributed by atoms with E-state index in [1.165, 1.54) is 0 Å². The fraction of sp³-hybridized carbons (Fsp3) is 0.600. The Morgan fingerprint density at radius 3 is 2.67 bits per heavy atom. The molecule has 0 radical (unpaired) electrons. The summed E-state index contributed by atoms with van der Waals surface area (Å²) in [4.78, 5) is 0. The molecular weight excluding hydrogens is 338 g/mol. The number of aliphatic hydroxyl groups excluding tert-OH is 1. The fourth-order valence-electron chi connectivity index (χ4n) is 1.95. The molecule has 0 fully saturated rings. The molecule has 0 bridgehead atoms. The average molecular weight is 362 g/mol. The normalized spacial score (nSPS) is 12.4. The molecule has 1 atom stereocenters. The number of hydrogen-bond acceptors (Lipinski definition) is 5. The molecule has 1 aromatic rings. The zero-order valence-corrected chi connectivity index (χ0v) is 14.4. The second kappa shape index (κ2) is 10.1. The zero-order chi connectivity index (χ0) is 15.7. The van der Waals surface area contributed by atoms with E-state index >= 15 is 0 Å². The molecule has 1 aromatic carbocycles. The third-order valence-electron chi connectivity index (χ3n) is 2.89. The largest absolute Gasteiger partial charge is 0.490 e. The summed E-state index contributed by atoms with van der Waals surface area (Å²) in [6.07, 6.45) is -0.632. The minimum atomic E-state index is -0.632. The van der Waals surface area contributed by atoms with Crippen LogP contribution in [0.2, 0.25) is 0 Å². The number of rotatable bonds is 10. The van der Waals surface area contributed by atoms with Crippen LogP contribution >= 0.6 is 15.9 Å². The standard InChI is InChI=1S/C15H24BrNO4/c1-11-6-13(16)7-12(8-17-4-5-19-2)15(11)21-10-14(18)9-20-3/h6-7,14,17-18H,4-5,8-10H2,1-3H3. The lowest BCUT2D eigenvalue weighted by Crippen LogP contribution is -2.24. The van der Waals surface area contributed by atoms with Crippen LogP contribution in [0, 0.1) is 6.92 Å². The number of aliphatic hydroxyl groups is 1. The van der Waals surface area contributed by atoms with E-state index in [0.717, 1.165) is 27.9 Å². The van der Waals surface area contributed by atoms with Gasteiger partial charge in [0.1, 0.15) is 18.5 Å². The summed E-state index contributed by atoms with van der Waals surface area (Å²) in [5.74, 6) is 0.804. The number of halogens is 1. The maximum Gasteiger partial charge on any atom is 0.126 e. The van der Waals surface area contributed by atoms with Gasteiger partial charge in [-0.15, -0.1) is 0 Å². The Kier molecular flexibility index (Phi) is 8.87. The van der Waals surface area contributed by atoms with Crippen LogP contribution in [0.4, 0.5) is 0 Å². The van der Waals surface area contributed by atoms with E-state index in [-0.39, 0.29) is 13.2 Å². The Morgan fingerprint density at radius 1 is 1.24 bits per heavy atom. The second-order valence-corrected chi connectivity index (χ2v) is 5.72. The zero-order valence-electron chi connectivity index (χ0n) is 12.8. The van der Waals surface area contributed by atoms with E-state index < -0.39 is 6.10 Å². The average Bonchev–Trinajstić information content (AvgIpc) is 2.42. The van der Waals surface area contributed by atoms with E-state index in [1.807, 2.05) is 19.1 Å². The summed E-state index contributed by atoms with van der Waals surface area (Å²) in [6.45, 7) is 4.57. The summed E-state index contributed by atoms with van der Waals surface area (Å²) < 4.78 is 16.7. The third-order valence-corrected chi connectivity index (χ3v) is 3.35. The van der Waals surface area contributed by atoms with Gasteiger partial charge in [-0.1, -0.05) is 15.9 Å². The van der Waals surface area contributed by atoms with Crippen molar-refractivity contribution in [3.63, 3.8) is 0 Å². The maximum absolute atomic E-state index is 9.70. The topological polar surface area (TPSA) is 60.0 Å². The lowest BCUT2D eigenvalue weighted by Gasteiger charge is -2.17. The van der Waals surface area contributed by atoms with Crippen molar-refractivity contribution in [1.82, 2.24) is 5.32 Å². The predicted molar refractivity (Wildman–Crippen MR) is 85.8 cm³/mol. The summed E-state index contributed by atoms with van der Waals surface area (Å²) >= 11 is 3.50. The molecule has 21 heavy (non-hydrogen) atoms. The van der Waals surface area contributed by atoms with E-state index in [0.29, 0.717) is 13.2 Å². The van der Waals surface area contributed by atoms with Crippen molar-refractivity contribution in [3.8, 4) is 5.75 Å². The summed E-state index contributed by atoms with van der Waals surface area (Å²) in [7, 11) is 3.23. The minimum Gasteiger partial charge on any atom is -0.490 e. The quantitative estimate of drug-likeness (QED) is 0.623. The summed E-state index contributed by atoms with van der Waals surface area (Å²) in [5.41, 5.74) is 2.07. The SMILES string of the molecule is COCCNCc1cc(Br)cc(C)c1OCC(O)COC. The molecule has 0 saturated carbocycles. The monoisotopic (exact) mass is 361 g/mol. The van der Waals surface area contributed by atoms with Crippen LogP contribution in [0.3, 0.4) is 0 Å². The van der Waals surface area contributed by atoms with Crippen LogP contribution in [0.15, 0.2) is 16.6 Å². The van der Waals surface area contributed by atoms with Crippen molar-refractivity contribution >= 4 is 15.9 Å². The van der Waals surface area contributed by atoms with Gasteiger partial charge in [0, 0.05) is 37.3 Å². The number of methoxy groups -OCH3 is 2. The van der Waals surface area contributed by atoms with Crippen LogP contribution in [0.25, 0.3) is 0 Å². The highest BCUT2D eigenvalue weighted by Crippen LogP contribution is 2.28. The Hall–Kier alpha value is -0.660. The van der Waals surface area contributed by atoms with E-state index in [4.69, 9.17) is 14.2 Å². The van der Waals surface area contributed by atoms with E-state index in [2.05, 4.69) is 21.2 Å². The molecule has 6 heteroatoms. The van der Waals surface area contributed by atoms with Crippen LogP contribution < -0.4 is 10.1 Å². The molecule has 0 aromatic heterocycles. The van der Waals surface area contributed by atoms with E-state index in [9.17, 15) is 5.11 Å². The molecule has 1 unspecified atom stereocenters. The van der Waals surface area contributed by atoms with Gasteiger partial charge in [0.15, 0.2) is 0 Å². The lowest BCUT2D eigenvalue weighted by atomic mass is 10.1. The highest BCUT2D eigenvalue weighted by atomic mass is 79.9. The van der Waals surface area contributed by atoms with Gasteiger partial charge in [-0.3, -0.25) is 0 Å². The van der Waals surface area contributed by atoms with E-state index in [1.54, 1.807) is 14.2 Å². The first kappa shape index (κ1) is 18.4. The molecule has 120 valence electrons. The summed E-state index contributed by atoms with van der Waals surface area (Å²) in [6, 6.07) is 4.02.